The van der Waals surface area contributed by atoms with Crippen LogP contribution in [0.3, 0.4) is 0 Å². The molecule has 130 valence electrons. The van der Waals surface area contributed by atoms with Gasteiger partial charge in [-0.1, -0.05) is 27.7 Å². The summed E-state index contributed by atoms with van der Waals surface area (Å²) in [5.41, 5.74) is 3.97. The van der Waals surface area contributed by atoms with Crippen LogP contribution in [0.4, 0.5) is 0 Å². The minimum Gasteiger partial charge on any atom is -0.309 e. The van der Waals surface area contributed by atoms with E-state index in [0.717, 1.165) is 36.3 Å². The molecule has 4 fully saturated rings. The van der Waals surface area contributed by atoms with E-state index in [2.05, 4.69) is 38.4 Å². The average molecular weight is 354 g/mol. The predicted molar refractivity (Wildman–Crippen MR) is 103 cm³/mol. The summed E-state index contributed by atoms with van der Waals surface area (Å²) < 4.78 is 0. The lowest BCUT2D eigenvalue weighted by atomic mass is 9.45. The van der Waals surface area contributed by atoms with Gasteiger partial charge in [0.05, 0.1) is 0 Å². The van der Waals surface area contributed by atoms with Crippen molar-refractivity contribution in [3.05, 3.63) is 21.4 Å². The minimum absolute atomic E-state index is 0. The number of aryl methyl sites for hydroxylation is 1. The smallest absolute Gasteiger partial charge is 0.0305 e. The van der Waals surface area contributed by atoms with Crippen LogP contribution in [-0.2, 0) is 13.0 Å². The zero-order chi connectivity index (χ0) is 15.5. The van der Waals surface area contributed by atoms with Crippen LogP contribution in [0, 0.1) is 23.2 Å². The average Bonchev–Trinajstić information content (AvgIpc) is 3.25. The highest BCUT2D eigenvalue weighted by Gasteiger charge is 2.56. The van der Waals surface area contributed by atoms with Gasteiger partial charge in [0.2, 0.25) is 0 Å². The van der Waals surface area contributed by atoms with E-state index in [9.17, 15) is 0 Å². The highest BCUT2D eigenvalue weighted by Crippen LogP contribution is 2.61. The molecule has 4 saturated carbocycles. The summed E-state index contributed by atoms with van der Waals surface area (Å²) in [4.78, 5) is 1.64. The van der Waals surface area contributed by atoms with Crippen molar-refractivity contribution in [1.82, 2.24) is 5.32 Å². The van der Waals surface area contributed by atoms with Gasteiger partial charge in [-0.05, 0) is 77.7 Å². The van der Waals surface area contributed by atoms with Crippen molar-refractivity contribution in [1.29, 1.82) is 0 Å². The number of halogens is 1. The maximum absolute atomic E-state index is 3.96. The van der Waals surface area contributed by atoms with Crippen molar-refractivity contribution in [3.8, 4) is 0 Å². The molecule has 1 aromatic rings. The van der Waals surface area contributed by atoms with Crippen LogP contribution in [-0.4, -0.2) is 6.04 Å². The first-order valence-corrected chi connectivity index (χ1v) is 10.2. The molecule has 0 saturated heterocycles. The lowest BCUT2D eigenvalue weighted by Crippen LogP contribution is -2.59. The Kier molecular flexibility index (Phi) is 4.90. The molecule has 4 aliphatic carbocycles. The summed E-state index contributed by atoms with van der Waals surface area (Å²) in [7, 11) is 0. The van der Waals surface area contributed by atoms with E-state index in [0.29, 0.717) is 5.41 Å². The molecule has 0 radical (unpaired) electrons. The molecule has 1 N–H and O–H groups in total. The molecule has 4 aliphatic rings. The molecule has 3 heteroatoms. The monoisotopic (exact) mass is 353 g/mol. The molecule has 1 aromatic heterocycles. The fourth-order valence-electron chi connectivity index (χ4n) is 5.36. The quantitative estimate of drug-likeness (QED) is 0.708. The number of rotatable bonds is 5. The first-order valence-electron chi connectivity index (χ1n) is 9.34. The summed E-state index contributed by atoms with van der Waals surface area (Å²) in [6, 6.07) is 0.746. The van der Waals surface area contributed by atoms with E-state index in [1.807, 2.05) is 11.3 Å². The Bertz CT molecular complexity index is 560. The van der Waals surface area contributed by atoms with Crippen molar-refractivity contribution in [2.45, 2.75) is 78.3 Å². The maximum Gasteiger partial charge on any atom is 0.0305 e. The molecular formula is C20H32ClNS. The van der Waals surface area contributed by atoms with Gasteiger partial charge in [-0.15, -0.1) is 23.7 Å². The molecule has 2 bridgehead atoms. The van der Waals surface area contributed by atoms with Crippen LogP contribution in [0.1, 0.15) is 75.3 Å². The Hall–Kier alpha value is -0.0500. The summed E-state index contributed by atoms with van der Waals surface area (Å²) in [5, 5.41) is 6.38. The van der Waals surface area contributed by atoms with Gasteiger partial charge in [0.1, 0.15) is 0 Å². The molecule has 0 unspecified atom stereocenters. The standard InChI is InChI=1S/C20H31NS.ClH/c1-5-13-11-22-18(19(13)14-6-7-14)10-21-17-9-15-8-16(12(17)2)20(15,3)4;/h11-12,14-17,21H,5-10H2,1-4H3;1H/t12-,15+,16-,17-;/m1./s1. The number of fused-ring (bicyclic) bond motifs is 2. The maximum atomic E-state index is 3.96. The van der Waals surface area contributed by atoms with Crippen LogP contribution in [0.2, 0.25) is 0 Å². The Labute approximate surface area is 152 Å². The zero-order valence-electron chi connectivity index (χ0n) is 15.0. The van der Waals surface area contributed by atoms with Crippen molar-refractivity contribution in [2.75, 3.05) is 0 Å². The van der Waals surface area contributed by atoms with Crippen LogP contribution in [0.5, 0.6) is 0 Å². The topological polar surface area (TPSA) is 12.0 Å². The van der Waals surface area contributed by atoms with E-state index in [1.165, 1.54) is 32.1 Å². The Morgan fingerprint density at radius 3 is 2.57 bits per heavy atom. The summed E-state index contributed by atoms with van der Waals surface area (Å²) in [6.07, 6.45) is 6.94. The first-order chi connectivity index (χ1) is 10.5. The van der Waals surface area contributed by atoms with E-state index < -0.39 is 0 Å². The fourth-order valence-corrected chi connectivity index (χ4v) is 6.53. The second-order valence-electron chi connectivity index (χ2n) is 8.67. The molecule has 5 rings (SSSR count). The summed E-state index contributed by atoms with van der Waals surface area (Å²) in [6.45, 7) is 10.9. The van der Waals surface area contributed by atoms with E-state index in [1.54, 1.807) is 16.0 Å². The van der Waals surface area contributed by atoms with Crippen molar-refractivity contribution < 1.29 is 0 Å². The van der Waals surface area contributed by atoms with Crippen LogP contribution < -0.4 is 5.32 Å². The second kappa shape index (κ2) is 6.35. The molecule has 23 heavy (non-hydrogen) atoms. The third-order valence-corrected chi connectivity index (χ3v) is 8.29. The fraction of sp³-hybridized carbons (Fsp3) is 0.800. The predicted octanol–water partition coefficient (Wildman–Crippen LogP) is 5.77. The zero-order valence-corrected chi connectivity index (χ0v) is 16.7. The molecule has 4 atom stereocenters. The third-order valence-electron chi connectivity index (χ3n) is 7.24. The van der Waals surface area contributed by atoms with E-state index >= 15 is 0 Å². The largest absolute Gasteiger partial charge is 0.309 e. The van der Waals surface area contributed by atoms with Gasteiger partial charge < -0.3 is 5.32 Å². The number of hydrogen-bond donors (Lipinski definition) is 1. The van der Waals surface area contributed by atoms with E-state index in [4.69, 9.17) is 0 Å². The Balaban J connectivity index is 0.00000156. The van der Waals surface area contributed by atoms with Crippen molar-refractivity contribution in [2.24, 2.45) is 23.2 Å². The molecule has 0 aromatic carbocycles. The van der Waals surface area contributed by atoms with Gasteiger partial charge in [-0.2, -0.15) is 0 Å². The normalized spacial score (nSPS) is 34.6. The Morgan fingerprint density at radius 1 is 1.26 bits per heavy atom. The van der Waals surface area contributed by atoms with E-state index in [-0.39, 0.29) is 12.4 Å². The van der Waals surface area contributed by atoms with Gasteiger partial charge >= 0.3 is 0 Å². The minimum atomic E-state index is 0. The molecule has 1 heterocycles. The van der Waals surface area contributed by atoms with Gasteiger partial charge in [-0.3, -0.25) is 0 Å². The number of hydrogen-bond acceptors (Lipinski definition) is 2. The lowest BCUT2D eigenvalue weighted by Gasteiger charge is -2.62. The molecule has 1 nitrogen and oxygen atoms in total. The lowest BCUT2D eigenvalue weighted by molar-refractivity contribution is -0.115. The summed E-state index contributed by atoms with van der Waals surface area (Å²) >= 11 is 2.01. The van der Waals surface area contributed by atoms with Gasteiger partial charge in [0, 0.05) is 17.5 Å². The molecule has 0 aliphatic heterocycles. The Morgan fingerprint density at radius 2 is 2.00 bits per heavy atom. The first kappa shape index (κ1) is 17.8. The second-order valence-corrected chi connectivity index (χ2v) is 9.63. The molecule has 0 amide bonds. The third kappa shape index (κ3) is 2.89. The van der Waals surface area contributed by atoms with Crippen molar-refractivity contribution >= 4 is 23.7 Å². The van der Waals surface area contributed by atoms with Crippen LogP contribution in [0.25, 0.3) is 0 Å². The highest BCUT2D eigenvalue weighted by molar-refractivity contribution is 7.10. The highest BCUT2D eigenvalue weighted by atomic mass is 35.5. The van der Waals surface area contributed by atoms with Crippen LogP contribution >= 0.6 is 23.7 Å². The van der Waals surface area contributed by atoms with Gasteiger partial charge in [0.25, 0.3) is 0 Å². The number of nitrogens with one attached hydrogen (secondary N) is 1. The van der Waals surface area contributed by atoms with Gasteiger partial charge in [0.15, 0.2) is 0 Å². The summed E-state index contributed by atoms with van der Waals surface area (Å²) in [5.74, 6) is 3.65. The van der Waals surface area contributed by atoms with Crippen molar-refractivity contribution in [3.63, 3.8) is 0 Å². The molecular weight excluding hydrogens is 322 g/mol. The van der Waals surface area contributed by atoms with Crippen LogP contribution in [0.15, 0.2) is 5.38 Å². The number of thiophene rings is 1. The van der Waals surface area contributed by atoms with Gasteiger partial charge in [-0.25, -0.2) is 0 Å². The molecule has 0 spiro atoms. The SMILES string of the molecule is CCc1csc(CN[C@@H]2C[C@@H]3C[C@H]([C@H]2C)C3(C)C)c1C1CC1.Cl.